The molecule has 0 aromatic carbocycles. The lowest BCUT2D eigenvalue weighted by Gasteiger charge is -2.57. The molecule has 3 heterocycles. The van der Waals surface area contributed by atoms with Crippen LogP contribution in [0, 0.1) is 5.92 Å². The van der Waals surface area contributed by atoms with Gasteiger partial charge in [-0.15, -0.1) is 0 Å². The van der Waals surface area contributed by atoms with Crippen molar-refractivity contribution in [3.8, 4) is 0 Å². The quantitative estimate of drug-likeness (QED) is 0.554. The zero-order valence-electron chi connectivity index (χ0n) is 13.9. The van der Waals surface area contributed by atoms with E-state index in [0.717, 1.165) is 12.8 Å². The van der Waals surface area contributed by atoms with Crippen LogP contribution in [0.25, 0.3) is 0 Å². The van der Waals surface area contributed by atoms with Crippen LogP contribution < -0.4 is 0 Å². The average Bonchev–Trinajstić information content (AvgIpc) is 2.46. The average molecular weight is 332 g/mol. The van der Waals surface area contributed by atoms with Crippen molar-refractivity contribution < 1.29 is 34.6 Å². The van der Waals surface area contributed by atoms with E-state index in [1.54, 1.807) is 0 Å². The van der Waals surface area contributed by atoms with Crippen LogP contribution in [0.15, 0.2) is 0 Å². The van der Waals surface area contributed by atoms with E-state index in [0.29, 0.717) is 6.42 Å². The molecule has 134 valence electrons. The summed E-state index contributed by atoms with van der Waals surface area (Å²) in [6.45, 7) is 5.69. The van der Waals surface area contributed by atoms with Gasteiger partial charge in [-0.2, -0.15) is 0 Å². The molecule has 23 heavy (non-hydrogen) atoms. The first-order valence-corrected chi connectivity index (χ1v) is 8.33. The molecule has 8 atom stereocenters. The van der Waals surface area contributed by atoms with Gasteiger partial charge in [0.15, 0.2) is 6.29 Å². The Morgan fingerprint density at radius 1 is 1.09 bits per heavy atom. The van der Waals surface area contributed by atoms with Gasteiger partial charge in [-0.1, -0.05) is 0 Å². The lowest BCUT2D eigenvalue weighted by Crippen LogP contribution is -2.64. The van der Waals surface area contributed by atoms with Crippen molar-refractivity contribution in [3.05, 3.63) is 0 Å². The molecule has 1 saturated carbocycles. The van der Waals surface area contributed by atoms with Gasteiger partial charge >= 0.3 is 0 Å². The zero-order valence-corrected chi connectivity index (χ0v) is 13.9. The van der Waals surface area contributed by atoms with E-state index in [1.165, 1.54) is 0 Å². The predicted molar refractivity (Wildman–Crippen MR) is 79.6 cm³/mol. The Hall–Kier alpha value is -0.280. The number of hydrogen-bond acceptors (Lipinski definition) is 7. The van der Waals surface area contributed by atoms with Gasteiger partial charge in [0.2, 0.25) is 0 Å². The first kappa shape index (κ1) is 17.5. The summed E-state index contributed by atoms with van der Waals surface area (Å²) >= 11 is 0. The Morgan fingerprint density at radius 3 is 2.35 bits per heavy atom. The summed E-state index contributed by atoms with van der Waals surface area (Å²) in [5.74, 6) is 0.164. The van der Waals surface area contributed by atoms with E-state index < -0.39 is 37.3 Å². The molecule has 0 aromatic heterocycles. The van der Waals surface area contributed by atoms with Gasteiger partial charge in [-0.05, 0) is 33.6 Å². The molecule has 1 aliphatic carbocycles. The fourth-order valence-electron chi connectivity index (χ4n) is 4.41. The molecule has 4 N–H and O–H groups in total. The van der Waals surface area contributed by atoms with Crippen LogP contribution in [0.1, 0.15) is 40.0 Å². The first-order valence-electron chi connectivity index (χ1n) is 8.33. The predicted octanol–water partition coefficient (Wildman–Crippen LogP) is -0.461. The van der Waals surface area contributed by atoms with Gasteiger partial charge in [-0.25, -0.2) is 0 Å². The van der Waals surface area contributed by atoms with Crippen molar-refractivity contribution in [2.24, 2.45) is 5.92 Å². The van der Waals surface area contributed by atoms with E-state index in [9.17, 15) is 20.4 Å². The number of ether oxygens (including phenoxy) is 3. The van der Waals surface area contributed by atoms with E-state index in [4.69, 9.17) is 14.2 Å². The fourth-order valence-corrected chi connectivity index (χ4v) is 4.41. The number of rotatable bonds is 3. The van der Waals surface area contributed by atoms with Crippen LogP contribution in [0.5, 0.6) is 0 Å². The lowest BCUT2D eigenvalue weighted by molar-refractivity contribution is -0.344. The normalized spacial score (nSPS) is 52.6. The topological polar surface area (TPSA) is 109 Å². The third-order valence-electron chi connectivity index (χ3n) is 5.63. The molecule has 4 rings (SSSR count). The summed E-state index contributed by atoms with van der Waals surface area (Å²) in [5.41, 5.74) is -0.596. The molecule has 0 radical (unpaired) electrons. The minimum Gasteiger partial charge on any atom is -0.394 e. The highest BCUT2D eigenvalue weighted by Gasteiger charge is 2.55. The van der Waals surface area contributed by atoms with Crippen LogP contribution in [0.3, 0.4) is 0 Å². The number of fused-ring (bicyclic) bond motifs is 3. The molecule has 7 heteroatoms. The third-order valence-corrected chi connectivity index (χ3v) is 5.63. The van der Waals surface area contributed by atoms with E-state index >= 15 is 0 Å². The Morgan fingerprint density at radius 2 is 1.78 bits per heavy atom. The molecule has 7 nitrogen and oxygen atoms in total. The van der Waals surface area contributed by atoms with Gasteiger partial charge in [-0.3, -0.25) is 0 Å². The van der Waals surface area contributed by atoms with E-state index in [1.807, 2.05) is 13.8 Å². The van der Waals surface area contributed by atoms with Crippen molar-refractivity contribution in [1.29, 1.82) is 0 Å². The van der Waals surface area contributed by atoms with Crippen LogP contribution in [-0.2, 0) is 14.2 Å². The van der Waals surface area contributed by atoms with Gasteiger partial charge in [0, 0.05) is 12.3 Å². The molecule has 4 fully saturated rings. The van der Waals surface area contributed by atoms with Crippen molar-refractivity contribution in [2.75, 3.05) is 6.61 Å². The highest BCUT2D eigenvalue weighted by Crippen LogP contribution is 2.51. The Kier molecular flexibility index (Phi) is 4.51. The van der Waals surface area contributed by atoms with Crippen LogP contribution in [0.4, 0.5) is 0 Å². The maximum absolute atomic E-state index is 10.1. The van der Waals surface area contributed by atoms with E-state index in [2.05, 4.69) is 6.92 Å². The lowest BCUT2D eigenvalue weighted by atomic mass is 9.67. The Labute approximate surface area is 136 Å². The van der Waals surface area contributed by atoms with Crippen molar-refractivity contribution >= 4 is 0 Å². The molecule has 4 aliphatic rings. The molecule has 3 saturated heterocycles. The van der Waals surface area contributed by atoms with E-state index in [-0.39, 0.29) is 23.2 Å². The largest absolute Gasteiger partial charge is 0.394 e. The molecular formula is C16H28O7. The Balaban J connectivity index is 1.74. The molecule has 0 spiro atoms. The highest BCUT2D eigenvalue weighted by molar-refractivity contribution is 5.03. The van der Waals surface area contributed by atoms with Gasteiger partial charge in [0.05, 0.1) is 23.9 Å². The summed E-state index contributed by atoms with van der Waals surface area (Å²) < 4.78 is 17.6. The van der Waals surface area contributed by atoms with Crippen LogP contribution >= 0.6 is 0 Å². The molecule has 0 amide bonds. The minimum absolute atomic E-state index is 0.164. The summed E-state index contributed by atoms with van der Waals surface area (Å²) in [6, 6.07) is 0. The van der Waals surface area contributed by atoms with Crippen molar-refractivity contribution in [3.63, 3.8) is 0 Å². The monoisotopic (exact) mass is 332 g/mol. The summed E-state index contributed by atoms with van der Waals surface area (Å²) in [6.07, 6.45) is -3.70. The second kappa shape index (κ2) is 5.91. The number of aliphatic hydroxyl groups is 4. The second-order valence-corrected chi connectivity index (χ2v) is 7.88. The molecule has 0 aromatic rings. The first-order chi connectivity index (χ1) is 10.7. The number of aliphatic hydroxyl groups excluding tert-OH is 4. The third kappa shape index (κ3) is 3.04. The van der Waals surface area contributed by atoms with Crippen molar-refractivity contribution in [2.45, 2.75) is 88.0 Å². The fraction of sp³-hybridized carbons (Fsp3) is 1.00. The van der Waals surface area contributed by atoms with Gasteiger partial charge in [0.25, 0.3) is 0 Å². The SMILES string of the molecule is CC12CCC(C(OC3OC(CO)C(O)C(O)C3O)C1)C(C)(C)O2. The van der Waals surface area contributed by atoms with Gasteiger partial charge < -0.3 is 34.6 Å². The smallest absolute Gasteiger partial charge is 0.186 e. The highest BCUT2D eigenvalue weighted by atomic mass is 16.7. The van der Waals surface area contributed by atoms with Crippen LogP contribution in [-0.4, -0.2) is 75.0 Å². The van der Waals surface area contributed by atoms with Crippen molar-refractivity contribution in [1.82, 2.24) is 0 Å². The Bertz CT molecular complexity index is 437. The molecule has 8 unspecified atom stereocenters. The molecule has 3 aliphatic heterocycles. The number of hydrogen-bond donors (Lipinski definition) is 4. The summed E-state index contributed by atoms with van der Waals surface area (Å²) in [5, 5.41) is 39.1. The summed E-state index contributed by atoms with van der Waals surface area (Å²) in [4.78, 5) is 0. The standard InChI is InChI=1S/C16H28O7/c1-15(2)8-4-5-16(3,23-15)6-9(8)21-14-13(20)12(19)11(18)10(7-17)22-14/h8-14,17-20H,4-7H2,1-3H3. The minimum atomic E-state index is -1.41. The van der Waals surface area contributed by atoms with Crippen LogP contribution in [0.2, 0.25) is 0 Å². The zero-order chi connectivity index (χ0) is 17.0. The van der Waals surface area contributed by atoms with Gasteiger partial charge in [0.1, 0.15) is 24.4 Å². The molecule has 2 bridgehead atoms. The molecular weight excluding hydrogens is 304 g/mol. The second-order valence-electron chi connectivity index (χ2n) is 7.88. The maximum Gasteiger partial charge on any atom is 0.186 e. The maximum atomic E-state index is 10.1. The summed E-state index contributed by atoms with van der Waals surface area (Å²) in [7, 11) is 0.